The molecule has 3 rings (SSSR count). The summed E-state index contributed by atoms with van der Waals surface area (Å²) in [6.07, 6.45) is 0. The fraction of sp³-hybridized carbons (Fsp3) is 0.381. The molecule has 1 aromatic heterocycles. The van der Waals surface area contributed by atoms with Crippen molar-refractivity contribution in [2.24, 2.45) is 0 Å². The summed E-state index contributed by atoms with van der Waals surface area (Å²) in [7, 11) is 1.52. The van der Waals surface area contributed by atoms with Gasteiger partial charge in [0.05, 0.1) is 0 Å². The van der Waals surface area contributed by atoms with Crippen molar-refractivity contribution in [3.05, 3.63) is 53.0 Å². The van der Waals surface area contributed by atoms with Gasteiger partial charge in [0, 0.05) is 19.2 Å². The second-order valence-corrected chi connectivity index (χ2v) is 7.55. The number of alkyl halides is 2. The van der Waals surface area contributed by atoms with E-state index in [9.17, 15) is 23.2 Å². The van der Waals surface area contributed by atoms with Gasteiger partial charge in [0.1, 0.15) is 29.4 Å². The van der Waals surface area contributed by atoms with E-state index in [1.807, 2.05) is 0 Å². The monoisotopic (exact) mass is 435 g/mol. The van der Waals surface area contributed by atoms with Crippen LogP contribution in [0.1, 0.15) is 29.6 Å². The number of carbonyl (C=O) groups is 3. The van der Waals surface area contributed by atoms with E-state index in [0.29, 0.717) is 22.6 Å². The molecule has 2 heterocycles. The predicted octanol–water partition coefficient (Wildman–Crippen LogP) is 2.92. The summed E-state index contributed by atoms with van der Waals surface area (Å²) in [5.41, 5.74) is -0.111. The first-order chi connectivity index (χ1) is 14.5. The van der Waals surface area contributed by atoms with Crippen LogP contribution in [0.2, 0.25) is 0 Å². The third-order valence-corrected chi connectivity index (χ3v) is 5.14. The minimum Gasteiger partial charge on any atom is -0.466 e. The van der Waals surface area contributed by atoms with E-state index < -0.39 is 36.5 Å². The third kappa shape index (κ3) is 4.52. The topological polar surface area (TPSA) is 92.1 Å². The van der Waals surface area contributed by atoms with Gasteiger partial charge in [0.15, 0.2) is 0 Å². The van der Waals surface area contributed by atoms with Crippen LogP contribution < -0.4 is 10.1 Å². The molecular weight excluding hydrogens is 412 g/mol. The molecule has 1 unspecified atom stereocenters. The van der Waals surface area contributed by atoms with Gasteiger partial charge in [-0.2, -0.15) is 8.78 Å². The second-order valence-electron chi connectivity index (χ2n) is 7.55. The molecule has 10 heteroatoms. The van der Waals surface area contributed by atoms with Gasteiger partial charge in [-0.25, -0.2) is 4.79 Å². The van der Waals surface area contributed by atoms with E-state index in [1.54, 1.807) is 39.0 Å². The molecule has 1 aliphatic rings. The molecule has 1 aliphatic heterocycles. The number of hydrogen-bond donors (Lipinski definition) is 1. The first-order valence-corrected chi connectivity index (χ1v) is 9.50. The number of urea groups is 1. The molecule has 0 aliphatic carbocycles. The van der Waals surface area contributed by atoms with Crippen molar-refractivity contribution in [2.75, 3.05) is 13.6 Å². The lowest BCUT2D eigenvalue weighted by Gasteiger charge is -2.22. The number of furan rings is 1. The Morgan fingerprint density at radius 3 is 2.45 bits per heavy atom. The van der Waals surface area contributed by atoms with Crippen molar-refractivity contribution in [1.82, 2.24) is 15.1 Å². The Balaban J connectivity index is 1.66. The molecule has 0 bridgehead atoms. The summed E-state index contributed by atoms with van der Waals surface area (Å²) >= 11 is 0. The molecule has 4 amide bonds. The number of likely N-dealkylation sites (N-methyl/N-ethyl adjacent to an activating group) is 1. The number of nitrogens with one attached hydrogen (secondary N) is 1. The number of halogens is 2. The van der Waals surface area contributed by atoms with Crippen molar-refractivity contribution in [3.8, 4) is 5.75 Å². The zero-order valence-corrected chi connectivity index (χ0v) is 17.6. The maximum absolute atomic E-state index is 13.0. The largest absolute Gasteiger partial charge is 0.466 e. The van der Waals surface area contributed by atoms with Crippen LogP contribution in [0.4, 0.5) is 13.6 Å². The van der Waals surface area contributed by atoms with Crippen molar-refractivity contribution in [3.63, 3.8) is 0 Å². The number of benzene rings is 1. The van der Waals surface area contributed by atoms with Crippen LogP contribution in [-0.4, -0.2) is 47.8 Å². The molecular formula is C21H23F2N3O5. The minimum atomic E-state index is -2.92. The highest BCUT2D eigenvalue weighted by molar-refractivity contribution is 6.09. The molecule has 166 valence electrons. The number of amides is 4. The second kappa shape index (κ2) is 8.37. The van der Waals surface area contributed by atoms with Gasteiger partial charge < -0.3 is 19.4 Å². The molecule has 0 radical (unpaired) electrons. The SMILES string of the molecule is Cc1cc(C2(C)NC(=O)N(CC(=O)N(C)Cc3ccc(OC(F)F)cc3)C2=O)c(C)o1. The molecule has 8 nitrogen and oxygen atoms in total. The van der Waals surface area contributed by atoms with Crippen LogP contribution in [0, 0.1) is 13.8 Å². The molecule has 0 saturated carbocycles. The van der Waals surface area contributed by atoms with E-state index in [-0.39, 0.29) is 12.3 Å². The van der Waals surface area contributed by atoms with Crippen molar-refractivity contribution in [1.29, 1.82) is 0 Å². The van der Waals surface area contributed by atoms with Gasteiger partial charge in [0.2, 0.25) is 5.91 Å². The molecule has 1 N–H and O–H groups in total. The summed E-state index contributed by atoms with van der Waals surface area (Å²) in [5.74, 6) is 0.127. The van der Waals surface area contributed by atoms with Crippen LogP contribution in [-0.2, 0) is 21.7 Å². The van der Waals surface area contributed by atoms with Gasteiger partial charge in [-0.05, 0) is 44.5 Å². The minimum absolute atomic E-state index is 0.0103. The summed E-state index contributed by atoms with van der Waals surface area (Å²) in [4.78, 5) is 40.3. The summed E-state index contributed by atoms with van der Waals surface area (Å²) in [6.45, 7) is 1.82. The van der Waals surface area contributed by atoms with Gasteiger partial charge in [-0.3, -0.25) is 14.5 Å². The lowest BCUT2D eigenvalue weighted by molar-refractivity contribution is -0.138. The van der Waals surface area contributed by atoms with E-state index in [2.05, 4.69) is 10.1 Å². The van der Waals surface area contributed by atoms with Crippen molar-refractivity contribution in [2.45, 2.75) is 39.5 Å². The van der Waals surface area contributed by atoms with Crippen LogP contribution in [0.3, 0.4) is 0 Å². The standard InChI is InChI=1S/C21H23F2N3O5/c1-12-9-16(13(2)30-12)21(3)18(28)26(20(29)24-21)11-17(27)25(4)10-14-5-7-15(8-6-14)31-19(22)23/h5-9,19H,10-11H2,1-4H3,(H,24,29). The number of rotatable bonds is 7. The van der Waals surface area contributed by atoms with Gasteiger partial charge in [-0.1, -0.05) is 12.1 Å². The number of ether oxygens (including phenoxy) is 1. The molecule has 1 aromatic carbocycles. The number of imide groups is 1. The number of carbonyl (C=O) groups excluding carboxylic acids is 3. The quantitative estimate of drug-likeness (QED) is 0.676. The molecule has 1 atom stereocenters. The third-order valence-electron chi connectivity index (χ3n) is 5.14. The lowest BCUT2D eigenvalue weighted by Crippen LogP contribution is -2.43. The van der Waals surface area contributed by atoms with Crippen LogP contribution >= 0.6 is 0 Å². The van der Waals surface area contributed by atoms with E-state index >= 15 is 0 Å². The highest BCUT2D eigenvalue weighted by Gasteiger charge is 2.51. The Hall–Kier alpha value is -3.43. The fourth-order valence-corrected chi connectivity index (χ4v) is 3.54. The van der Waals surface area contributed by atoms with Crippen molar-refractivity contribution >= 4 is 17.8 Å². The predicted molar refractivity (Wildman–Crippen MR) is 105 cm³/mol. The zero-order chi connectivity index (χ0) is 22.9. The van der Waals surface area contributed by atoms with Gasteiger partial charge in [-0.15, -0.1) is 0 Å². The fourth-order valence-electron chi connectivity index (χ4n) is 3.54. The summed E-state index contributed by atoms with van der Waals surface area (Å²) in [6, 6.07) is 6.87. The molecule has 0 spiro atoms. The normalized spacial score (nSPS) is 18.5. The van der Waals surface area contributed by atoms with E-state index in [4.69, 9.17) is 4.42 Å². The zero-order valence-electron chi connectivity index (χ0n) is 17.6. The summed E-state index contributed by atoms with van der Waals surface area (Å²) in [5, 5.41) is 2.65. The Morgan fingerprint density at radius 1 is 1.26 bits per heavy atom. The Morgan fingerprint density at radius 2 is 1.90 bits per heavy atom. The molecule has 31 heavy (non-hydrogen) atoms. The van der Waals surface area contributed by atoms with Crippen LogP contribution in [0.25, 0.3) is 0 Å². The van der Waals surface area contributed by atoms with Gasteiger partial charge >= 0.3 is 12.6 Å². The summed E-state index contributed by atoms with van der Waals surface area (Å²) < 4.78 is 34.2. The van der Waals surface area contributed by atoms with Crippen molar-refractivity contribution < 1.29 is 32.3 Å². The molecule has 2 aromatic rings. The van der Waals surface area contributed by atoms with Gasteiger partial charge in [0.25, 0.3) is 5.91 Å². The maximum Gasteiger partial charge on any atom is 0.387 e. The first-order valence-electron chi connectivity index (χ1n) is 9.50. The number of hydrogen-bond acceptors (Lipinski definition) is 5. The lowest BCUT2D eigenvalue weighted by atomic mass is 9.92. The first kappa shape index (κ1) is 22.3. The molecule has 1 fully saturated rings. The van der Waals surface area contributed by atoms with E-state index in [1.165, 1.54) is 24.1 Å². The number of nitrogens with zero attached hydrogens (tertiary/aromatic N) is 2. The average Bonchev–Trinajstić information content (AvgIpc) is 3.14. The average molecular weight is 435 g/mol. The maximum atomic E-state index is 13.0. The number of aryl methyl sites for hydroxylation is 2. The highest BCUT2D eigenvalue weighted by atomic mass is 19.3. The highest BCUT2D eigenvalue weighted by Crippen LogP contribution is 2.32. The Bertz CT molecular complexity index is 1000. The Kier molecular flexibility index (Phi) is 6.01. The van der Waals surface area contributed by atoms with Crippen LogP contribution in [0.5, 0.6) is 5.75 Å². The van der Waals surface area contributed by atoms with E-state index in [0.717, 1.165) is 4.90 Å². The smallest absolute Gasteiger partial charge is 0.387 e. The Labute approximate surface area is 177 Å². The molecule has 1 saturated heterocycles. The van der Waals surface area contributed by atoms with Crippen LogP contribution in [0.15, 0.2) is 34.7 Å².